The molecule has 192 valence electrons. The van der Waals surface area contributed by atoms with E-state index in [2.05, 4.69) is 103 Å². The van der Waals surface area contributed by atoms with E-state index in [0.29, 0.717) is 0 Å². The number of hydrogen-bond acceptors (Lipinski definition) is 3. The highest BCUT2D eigenvalue weighted by atomic mass is 16.3. The van der Waals surface area contributed by atoms with Gasteiger partial charge in [-0.05, 0) is 46.2 Å². The number of benzene rings is 7. The van der Waals surface area contributed by atoms with Crippen LogP contribution < -0.4 is 5.73 Å². The molecule has 2 heterocycles. The van der Waals surface area contributed by atoms with Gasteiger partial charge in [-0.1, -0.05) is 103 Å². The Kier molecular flexibility index (Phi) is 4.48. The van der Waals surface area contributed by atoms with E-state index in [0.717, 1.165) is 93.4 Å². The Balaban J connectivity index is 1.37. The van der Waals surface area contributed by atoms with Gasteiger partial charge in [0.2, 0.25) is 0 Å². The van der Waals surface area contributed by atoms with Crippen molar-refractivity contribution in [3.8, 4) is 22.3 Å². The molecule has 9 aromatic rings. The number of nitrogen functional groups attached to an aromatic ring is 1. The average Bonchev–Trinajstić information content (AvgIpc) is 3.59. The summed E-state index contributed by atoms with van der Waals surface area (Å²) in [6.45, 7) is 0. The molecule has 0 spiro atoms. The number of nitrogens with two attached hydrogens (primary N) is 1. The van der Waals surface area contributed by atoms with Gasteiger partial charge in [0.1, 0.15) is 22.3 Å². The molecule has 0 radical (unpaired) electrons. The van der Waals surface area contributed by atoms with Crippen LogP contribution in [0.25, 0.3) is 87.7 Å². The van der Waals surface area contributed by atoms with E-state index in [1.807, 2.05) is 24.3 Å². The number of fused-ring (bicyclic) bond motifs is 10. The predicted octanol–water partition coefficient (Wildman–Crippen LogP) is 10.7. The minimum Gasteiger partial charge on any atom is -0.455 e. The van der Waals surface area contributed by atoms with E-state index in [1.54, 1.807) is 0 Å². The number of para-hydroxylation sites is 3. The summed E-state index contributed by atoms with van der Waals surface area (Å²) in [6, 6.07) is 44.1. The Morgan fingerprint density at radius 1 is 0.341 bits per heavy atom. The highest BCUT2D eigenvalue weighted by Gasteiger charge is 2.20. The zero-order valence-electron chi connectivity index (χ0n) is 22.0. The lowest BCUT2D eigenvalue weighted by atomic mass is 9.89. The average molecular weight is 526 g/mol. The largest absolute Gasteiger partial charge is 0.455 e. The van der Waals surface area contributed by atoms with Gasteiger partial charge in [-0.25, -0.2) is 0 Å². The van der Waals surface area contributed by atoms with Crippen molar-refractivity contribution >= 4 is 71.1 Å². The van der Waals surface area contributed by atoms with Crippen molar-refractivity contribution in [1.82, 2.24) is 0 Å². The molecule has 9 rings (SSSR count). The second-order valence-electron chi connectivity index (χ2n) is 10.7. The third-order valence-electron chi connectivity index (χ3n) is 8.46. The van der Waals surface area contributed by atoms with Gasteiger partial charge in [0.15, 0.2) is 0 Å². The Labute approximate surface area is 235 Å². The predicted molar refractivity (Wildman–Crippen MR) is 171 cm³/mol. The van der Waals surface area contributed by atoms with Gasteiger partial charge in [-0.2, -0.15) is 0 Å². The maximum absolute atomic E-state index is 7.15. The third-order valence-corrected chi connectivity index (χ3v) is 8.46. The minimum atomic E-state index is 0.752. The van der Waals surface area contributed by atoms with Crippen LogP contribution in [0.1, 0.15) is 0 Å². The quantitative estimate of drug-likeness (QED) is 0.228. The van der Waals surface area contributed by atoms with Crippen molar-refractivity contribution in [2.24, 2.45) is 0 Å². The highest BCUT2D eigenvalue weighted by molar-refractivity contribution is 6.22. The molecule has 2 N–H and O–H groups in total. The van der Waals surface area contributed by atoms with E-state index in [9.17, 15) is 0 Å². The fourth-order valence-electron chi connectivity index (χ4n) is 6.57. The fraction of sp³-hybridized carbons (Fsp3) is 0. The number of hydrogen-bond donors (Lipinski definition) is 1. The summed E-state index contributed by atoms with van der Waals surface area (Å²) in [7, 11) is 0. The van der Waals surface area contributed by atoms with Crippen LogP contribution in [0.3, 0.4) is 0 Å². The molecule has 0 saturated heterocycles. The lowest BCUT2D eigenvalue weighted by Gasteiger charge is -2.16. The van der Waals surface area contributed by atoms with E-state index in [4.69, 9.17) is 14.6 Å². The van der Waals surface area contributed by atoms with Crippen LogP contribution >= 0.6 is 0 Å². The van der Waals surface area contributed by atoms with Gasteiger partial charge in [0.25, 0.3) is 0 Å². The van der Waals surface area contributed by atoms with Gasteiger partial charge in [-0.15, -0.1) is 0 Å². The summed E-state index contributed by atoms with van der Waals surface area (Å²) in [4.78, 5) is 0. The lowest BCUT2D eigenvalue weighted by Crippen LogP contribution is -1.96. The molecule has 41 heavy (non-hydrogen) atoms. The first kappa shape index (κ1) is 22.3. The summed E-state index contributed by atoms with van der Waals surface area (Å²) in [5, 5.41) is 8.79. The molecule has 0 fully saturated rings. The van der Waals surface area contributed by atoms with Gasteiger partial charge in [0, 0.05) is 49.1 Å². The van der Waals surface area contributed by atoms with E-state index >= 15 is 0 Å². The normalized spacial score (nSPS) is 12.0. The Morgan fingerprint density at radius 3 is 1.20 bits per heavy atom. The number of rotatable bonds is 2. The molecule has 0 unspecified atom stereocenters. The molecule has 0 bridgehead atoms. The van der Waals surface area contributed by atoms with Crippen molar-refractivity contribution in [3.63, 3.8) is 0 Å². The van der Waals surface area contributed by atoms with Crippen LogP contribution in [0, 0.1) is 0 Å². The third kappa shape index (κ3) is 3.09. The molecular formula is C38H23NO2. The van der Waals surface area contributed by atoms with Crippen LogP contribution in [0.5, 0.6) is 0 Å². The van der Waals surface area contributed by atoms with Crippen molar-refractivity contribution in [2.45, 2.75) is 0 Å². The fourth-order valence-corrected chi connectivity index (χ4v) is 6.57. The minimum absolute atomic E-state index is 0.752. The van der Waals surface area contributed by atoms with Crippen LogP contribution in [0.4, 0.5) is 5.69 Å². The van der Waals surface area contributed by atoms with Crippen molar-refractivity contribution in [1.29, 1.82) is 0 Å². The molecule has 3 heteroatoms. The summed E-state index contributed by atoms with van der Waals surface area (Å²) in [5.41, 5.74) is 15.7. The summed E-state index contributed by atoms with van der Waals surface area (Å²) >= 11 is 0. The smallest absolute Gasteiger partial charge is 0.143 e. The SMILES string of the molecule is Nc1c(-c2cc3c4ccccc4oc3c3ccccc23)cccc1-c1cc2c3ccccc3oc2c2ccccc12. The molecule has 0 saturated carbocycles. The molecule has 0 aliphatic heterocycles. The molecule has 0 amide bonds. The number of anilines is 1. The Morgan fingerprint density at radius 2 is 0.732 bits per heavy atom. The molecule has 0 atom stereocenters. The second kappa shape index (κ2) is 8.23. The summed E-state index contributed by atoms with van der Waals surface area (Å²) in [6.07, 6.45) is 0. The first-order chi connectivity index (χ1) is 20.3. The summed E-state index contributed by atoms with van der Waals surface area (Å²) in [5.74, 6) is 0. The topological polar surface area (TPSA) is 52.3 Å². The first-order valence-electron chi connectivity index (χ1n) is 13.8. The summed E-state index contributed by atoms with van der Waals surface area (Å²) < 4.78 is 12.7. The van der Waals surface area contributed by atoms with E-state index in [-0.39, 0.29) is 0 Å². The molecular weight excluding hydrogens is 502 g/mol. The van der Waals surface area contributed by atoms with E-state index in [1.165, 1.54) is 0 Å². The van der Waals surface area contributed by atoms with Crippen LogP contribution in [0.15, 0.2) is 136 Å². The first-order valence-corrected chi connectivity index (χ1v) is 13.8. The van der Waals surface area contributed by atoms with Gasteiger partial charge >= 0.3 is 0 Å². The van der Waals surface area contributed by atoms with E-state index < -0.39 is 0 Å². The Bertz CT molecular complexity index is 2320. The van der Waals surface area contributed by atoms with Crippen LogP contribution in [-0.4, -0.2) is 0 Å². The Hall–Kier alpha value is -5.54. The van der Waals surface area contributed by atoms with Gasteiger partial charge < -0.3 is 14.6 Å². The standard InChI is InChI=1S/C38H23NO2/c39-36-26(30-20-32-24-12-5-7-18-34(24)40-37(32)28-14-3-1-10-22(28)30)16-9-17-27(36)31-21-33-25-13-6-8-19-35(25)41-38(33)29-15-4-2-11-23(29)31/h1-21H,39H2. The zero-order chi connectivity index (χ0) is 27.1. The van der Waals surface area contributed by atoms with Crippen LogP contribution in [0.2, 0.25) is 0 Å². The van der Waals surface area contributed by atoms with Gasteiger partial charge in [-0.3, -0.25) is 0 Å². The molecule has 3 nitrogen and oxygen atoms in total. The van der Waals surface area contributed by atoms with Crippen molar-refractivity contribution < 1.29 is 8.83 Å². The molecule has 7 aromatic carbocycles. The lowest BCUT2D eigenvalue weighted by molar-refractivity contribution is 0.672. The maximum Gasteiger partial charge on any atom is 0.143 e. The monoisotopic (exact) mass is 525 g/mol. The van der Waals surface area contributed by atoms with Crippen molar-refractivity contribution in [3.05, 3.63) is 127 Å². The number of furan rings is 2. The van der Waals surface area contributed by atoms with Crippen LogP contribution in [-0.2, 0) is 0 Å². The van der Waals surface area contributed by atoms with Gasteiger partial charge in [0.05, 0.1) is 0 Å². The van der Waals surface area contributed by atoms with Crippen molar-refractivity contribution in [2.75, 3.05) is 5.73 Å². The zero-order valence-corrected chi connectivity index (χ0v) is 22.0. The second-order valence-corrected chi connectivity index (χ2v) is 10.7. The molecule has 2 aromatic heterocycles. The molecule has 0 aliphatic carbocycles. The maximum atomic E-state index is 7.15. The molecule has 0 aliphatic rings. The highest BCUT2D eigenvalue weighted by Crippen LogP contribution is 2.45.